The molecule has 0 spiro atoms. The first-order valence-corrected chi connectivity index (χ1v) is 6.51. The van der Waals surface area contributed by atoms with Crippen molar-refractivity contribution in [3.8, 4) is 0 Å². The van der Waals surface area contributed by atoms with Crippen LogP contribution in [0.1, 0.15) is 33.1 Å². The summed E-state index contributed by atoms with van der Waals surface area (Å²) in [7, 11) is 0. The normalized spacial score (nSPS) is 28.0. The average molecular weight is 251 g/mol. The summed E-state index contributed by atoms with van der Waals surface area (Å²) >= 11 is 0. The Kier molecular flexibility index (Phi) is 3.89. The Hall–Kier alpha value is -1.52. The van der Waals surface area contributed by atoms with E-state index in [4.69, 9.17) is 10.5 Å². The van der Waals surface area contributed by atoms with Gasteiger partial charge in [0.15, 0.2) is 0 Å². The van der Waals surface area contributed by atoms with Crippen molar-refractivity contribution >= 4 is 11.8 Å². The summed E-state index contributed by atoms with van der Waals surface area (Å²) < 4.78 is 7.01. The lowest BCUT2D eigenvalue weighted by Crippen LogP contribution is -2.29. The Balaban J connectivity index is 1.83. The van der Waals surface area contributed by atoms with Crippen molar-refractivity contribution in [2.75, 3.05) is 5.73 Å². The molecule has 2 unspecified atom stereocenters. The molecule has 2 atom stereocenters. The molecule has 1 heterocycles. The van der Waals surface area contributed by atoms with Crippen LogP contribution in [0.5, 0.6) is 0 Å². The van der Waals surface area contributed by atoms with Crippen LogP contribution in [0.2, 0.25) is 0 Å². The molecule has 1 aromatic heterocycles. The highest BCUT2D eigenvalue weighted by atomic mass is 16.5. The third-order valence-corrected chi connectivity index (χ3v) is 3.39. The van der Waals surface area contributed by atoms with Crippen LogP contribution >= 0.6 is 0 Å². The van der Waals surface area contributed by atoms with Gasteiger partial charge in [0, 0.05) is 6.20 Å². The van der Waals surface area contributed by atoms with Crippen LogP contribution in [0, 0.1) is 11.8 Å². The molecule has 0 radical (unpaired) electrons. The minimum atomic E-state index is -0.232. The Morgan fingerprint density at radius 3 is 2.67 bits per heavy atom. The van der Waals surface area contributed by atoms with Gasteiger partial charge in [-0.1, -0.05) is 13.8 Å². The molecule has 2 rings (SSSR count). The number of ether oxygens (including phenoxy) is 1. The lowest BCUT2D eigenvalue weighted by molar-refractivity contribution is -0.153. The molecule has 0 aliphatic heterocycles. The zero-order chi connectivity index (χ0) is 13.1. The smallest absolute Gasteiger partial charge is 0.328 e. The number of hydrogen-bond acceptors (Lipinski definition) is 4. The minimum Gasteiger partial charge on any atom is -0.461 e. The Bertz CT molecular complexity index is 406. The van der Waals surface area contributed by atoms with Crippen LogP contribution < -0.4 is 5.73 Å². The fourth-order valence-corrected chi connectivity index (χ4v) is 2.79. The quantitative estimate of drug-likeness (QED) is 0.832. The van der Waals surface area contributed by atoms with Gasteiger partial charge in [-0.05, 0) is 37.2 Å². The minimum absolute atomic E-state index is 0.0594. The number of rotatable bonds is 3. The maximum atomic E-state index is 11.8. The number of nitrogen functional groups attached to an aromatic ring is 1. The number of carbonyl (C=O) groups is 1. The van der Waals surface area contributed by atoms with Crippen molar-refractivity contribution in [2.24, 2.45) is 11.8 Å². The number of nitrogens with two attached hydrogens (primary N) is 1. The number of anilines is 1. The van der Waals surface area contributed by atoms with Gasteiger partial charge in [-0.2, -0.15) is 5.10 Å². The van der Waals surface area contributed by atoms with Crippen LogP contribution in [0.15, 0.2) is 12.3 Å². The third-order valence-electron chi connectivity index (χ3n) is 3.39. The molecule has 0 saturated heterocycles. The number of esters is 1. The second kappa shape index (κ2) is 5.42. The maximum absolute atomic E-state index is 11.8. The predicted octanol–water partition coefficient (Wildman–Crippen LogP) is 1.83. The standard InChI is InChI=1S/C13H21N3O2/c1-9-5-10(2)7-11(6-9)18-13(17)8-16-4-3-12(14)15-16/h3-4,9-11H,5-8H2,1-2H3,(H2,14,15). The molecule has 2 N–H and O–H groups in total. The molecule has 0 amide bonds. The van der Waals surface area contributed by atoms with Crippen molar-refractivity contribution in [1.29, 1.82) is 0 Å². The highest BCUT2D eigenvalue weighted by Crippen LogP contribution is 2.30. The molecule has 1 aliphatic carbocycles. The van der Waals surface area contributed by atoms with Crippen LogP contribution in [-0.2, 0) is 16.1 Å². The van der Waals surface area contributed by atoms with Crippen LogP contribution in [-0.4, -0.2) is 21.9 Å². The van der Waals surface area contributed by atoms with Crippen LogP contribution in [0.4, 0.5) is 5.82 Å². The van der Waals surface area contributed by atoms with Crippen molar-refractivity contribution in [2.45, 2.75) is 45.8 Å². The number of aromatic nitrogens is 2. The number of nitrogens with zero attached hydrogens (tertiary/aromatic N) is 2. The van der Waals surface area contributed by atoms with E-state index in [1.54, 1.807) is 12.3 Å². The third kappa shape index (κ3) is 3.48. The summed E-state index contributed by atoms with van der Waals surface area (Å²) in [5, 5.41) is 3.97. The van der Waals surface area contributed by atoms with E-state index in [0.29, 0.717) is 17.7 Å². The highest BCUT2D eigenvalue weighted by molar-refractivity contribution is 5.69. The molecule has 0 aromatic carbocycles. The van der Waals surface area contributed by atoms with Crippen molar-refractivity contribution in [3.05, 3.63) is 12.3 Å². The number of carbonyl (C=O) groups excluding carboxylic acids is 1. The van der Waals surface area contributed by atoms with Crippen LogP contribution in [0.25, 0.3) is 0 Å². The molecule has 5 nitrogen and oxygen atoms in total. The van der Waals surface area contributed by atoms with Gasteiger partial charge >= 0.3 is 5.97 Å². The first kappa shape index (κ1) is 12.9. The van der Waals surface area contributed by atoms with E-state index in [-0.39, 0.29) is 18.6 Å². The van der Waals surface area contributed by atoms with Crippen molar-refractivity contribution < 1.29 is 9.53 Å². The summed E-state index contributed by atoms with van der Waals surface area (Å²) in [6.45, 7) is 4.56. The Labute approximate surface area is 107 Å². The molecule has 5 heteroatoms. The maximum Gasteiger partial charge on any atom is 0.328 e. The Morgan fingerprint density at radius 1 is 1.44 bits per heavy atom. The molecular weight excluding hydrogens is 230 g/mol. The first-order valence-electron chi connectivity index (χ1n) is 6.51. The largest absolute Gasteiger partial charge is 0.461 e. The molecule has 100 valence electrons. The highest BCUT2D eigenvalue weighted by Gasteiger charge is 2.26. The lowest BCUT2D eigenvalue weighted by Gasteiger charge is -2.30. The molecule has 0 bridgehead atoms. The van der Waals surface area contributed by atoms with E-state index in [9.17, 15) is 4.79 Å². The van der Waals surface area contributed by atoms with E-state index in [2.05, 4.69) is 18.9 Å². The molecule has 18 heavy (non-hydrogen) atoms. The van der Waals surface area contributed by atoms with Gasteiger partial charge < -0.3 is 10.5 Å². The first-order chi connectivity index (χ1) is 8.52. The second-order valence-electron chi connectivity index (χ2n) is 5.47. The lowest BCUT2D eigenvalue weighted by atomic mass is 9.82. The Morgan fingerprint density at radius 2 is 2.11 bits per heavy atom. The SMILES string of the molecule is CC1CC(C)CC(OC(=O)Cn2ccc(N)n2)C1. The summed E-state index contributed by atoms with van der Waals surface area (Å²) in [5.74, 6) is 1.45. The zero-order valence-electron chi connectivity index (χ0n) is 11.0. The number of hydrogen-bond donors (Lipinski definition) is 1. The fourth-order valence-electron chi connectivity index (χ4n) is 2.79. The van der Waals surface area contributed by atoms with E-state index < -0.39 is 0 Å². The van der Waals surface area contributed by atoms with Crippen molar-refractivity contribution in [3.63, 3.8) is 0 Å². The molecular formula is C13H21N3O2. The fraction of sp³-hybridized carbons (Fsp3) is 0.692. The zero-order valence-corrected chi connectivity index (χ0v) is 11.0. The van der Waals surface area contributed by atoms with Crippen molar-refractivity contribution in [1.82, 2.24) is 9.78 Å². The van der Waals surface area contributed by atoms with Gasteiger partial charge in [-0.15, -0.1) is 0 Å². The van der Waals surface area contributed by atoms with Gasteiger partial charge in [-0.3, -0.25) is 9.48 Å². The topological polar surface area (TPSA) is 70.1 Å². The van der Waals surface area contributed by atoms with Gasteiger partial charge in [-0.25, -0.2) is 0 Å². The van der Waals surface area contributed by atoms with E-state index in [1.807, 2.05) is 0 Å². The summed E-state index contributed by atoms with van der Waals surface area (Å²) in [6, 6.07) is 1.66. The van der Waals surface area contributed by atoms with Gasteiger partial charge in [0.2, 0.25) is 0 Å². The predicted molar refractivity (Wildman–Crippen MR) is 68.7 cm³/mol. The molecule has 1 saturated carbocycles. The van der Waals surface area contributed by atoms with Gasteiger partial charge in [0.1, 0.15) is 18.5 Å². The van der Waals surface area contributed by atoms with E-state index in [1.165, 1.54) is 11.1 Å². The molecule has 1 fully saturated rings. The second-order valence-corrected chi connectivity index (χ2v) is 5.47. The summed E-state index contributed by atoms with van der Waals surface area (Å²) in [4.78, 5) is 11.8. The summed E-state index contributed by atoms with van der Waals surface area (Å²) in [6.07, 6.45) is 4.91. The van der Waals surface area contributed by atoms with Crippen LogP contribution in [0.3, 0.4) is 0 Å². The summed E-state index contributed by atoms with van der Waals surface area (Å²) in [5.41, 5.74) is 5.49. The monoisotopic (exact) mass is 251 g/mol. The van der Waals surface area contributed by atoms with Gasteiger partial charge in [0.25, 0.3) is 0 Å². The van der Waals surface area contributed by atoms with E-state index >= 15 is 0 Å². The molecule has 1 aromatic rings. The average Bonchev–Trinajstić information content (AvgIpc) is 2.61. The van der Waals surface area contributed by atoms with Gasteiger partial charge in [0.05, 0.1) is 0 Å². The van der Waals surface area contributed by atoms with E-state index in [0.717, 1.165) is 12.8 Å². The molecule has 1 aliphatic rings.